The predicted octanol–water partition coefficient (Wildman–Crippen LogP) is -1.23. The average Bonchev–Trinajstić information content (AvgIpc) is 2.91. The molecule has 0 radical (unpaired) electrons. The lowest BCUT2D eigenvalue weighted by atomic mass is 10.2. The highest BCUT2D eigenvalue weighted by molar-refractivity contribution is 5.80. The number of hydrogen-bond acceptors (Lipinski definition) is 4. The molecule has 0 fully saturated rings. The third kappa shape index (κ3) is 3.22. The Morgan fingerprint density at radius 2 is 1.96 bits per heavy atom. The maximum Gasteiger partial charge on any atom is 0.375 e. The van der Waals surface area contributed by atoms with E-state index in [1.54, 1.807) is 6.33 Å². The van der Waals surface area contributed by atoms with Gasteiger partial charge >= 0.3 is 6.01 Å². The lowest BCUT2D eigenvalue weighted by molar-refractivity contribution is -0.667. The van der Waals surface area contributed by atoms with Gasteiger partial charge in [0.1, 0.15) is 0 Å². The Morgan fingerprint density at radius 1 is 1.22 bits per heavy atom. The van der Waals surface area contributed by atoms with Gasteiger partial charge in [-0.05, 0) is 24.4 Å². The molecule has 2 aromatic heterocycles. The van der Waals surface area contributed by atoms with Crippen molar-refractivity contribution in [3.05, 3.63) is 42.2 Å². The molecule has 6 nitrogen and oxygen atoms in total. The Morgan fingerprint density at radius 3 is 2.61 bits per heavy atom. The highest BCUT2D eigenvalue weighted by Crippen LogP contribution is 2.22. The number of aryl methyl sites for hydroxylation is 1. The Balaban J connectivity index is 0.00000192. The van der Waals surface area contributed by atoms with E-state index in [1.807, 2.05) is 41.2 Å². The summed E-state index contributed by atoms with van der Waals surface area (Å²) in [7, 11) is 0. The zero-order valence-electron chi connectivity index (χ0n) is 13.2. The van der Waals surface area contributed by atoms with Crippen molar-refractivity contribution in [1.82, 2.24) is 14.5 Å². The van der Waals surface area contributed by atoms with Gasteiger partial charge in [-0.15, -0.1) is 0 Å². The molecule has 7 heteroatoms. The quantitative estimate of drug-likeness (QED) is 0.594. The molecule has 0 unspecified atom stereocenters. The van der Waals surface area contributed by atoms with Crippen molar-refractivity contribution in [2.24, 2.45) is 0 Å². The molecular weight excluding hydrogens is 314 g/mol. The standard InChI is InChI=1S/C16H19N5O.ClH/c1-3-21-13-14(17)18-11-20(10-12-8-6-5-7-9-12)15(13)19-16(21)22-4-2;/h5-9,11,17H,3-4,10H2,1-2H3;1H. The van der Waals surface area contributed by atoms with Gasteiger partial charge in [-0.2, -0.15) is 0 Å². The topological polar surface area (TPSA) is 69.8 Å². The fourth-order valence-electron chi connectivity index (χ4n) is 2.55. The molecule has 23 heavy (non-hydrogen) atoms. The van der Waals surface area contributed by atoms with Gasteiger partial charge < -0.3 is 22.9 Å². The van der Waals surface area contributed by atoms with Crippen molar-refractivity contribution in [2.75, 3.05) is 12.3 Å². The number of fused-ring (bicyclic) bond motifs is 1. The summed E-state index contributed by atoms with van der Waals surface area (Å²) in [6.45, 7) is 5.97. The van der Waals surface area contributed by atoms with Crippen LogP contribution in [-0.4, -0.2) is 21.1 Å². The van der Waals surface area contributed by atoms with E-state index in [4.69, 9.17) is 10.5 Å². The molecule has 3 aromatic rings. The van der Waals surface area contributed by atoms with Gasteiger partial charge in [-0.3, -0.25) is 4.57 Å². The number of nitrogens with two attached hydrogens (primary N) is 1. The summed E-state index contributed by atoms with van der Waals surface area (Å²) in [5.74, 6) is 0.472. The molecule has 0 aliphatic carbocycles. The molecule has 0 aliphatic rings. The number of imidazole rings is 1. The van der Waals surface area contributed by atoms with Crippen LogP contribution in [0.3, 0.4) is 0 Å². The predicted molar refractivity (Wildman–Crippen MR) is 84.5 cm³/mol. The monoisotopic (exact) mass is 333 g/mol. The first kappa shape index (κ1) is 17.0. The molecule has 122 valence electrons. The second-order valence-corrected chi connectivity index (χ2v) is 4.99. The first-order valence-electron chi connectivity index (χ1n) is 7.45. The lowest BCUT2D eigenvalue weighted by Crippen LogP contribution is -3.00. The lowest BCUT2D eigenvalue weighted by Gasteiger charge is -2.04. The third-order valence-corrected chi connectivity index (χ3v) is 3.55. The fourth-order valence-corrected chi connectivity index (χ4v) is 2.55. The molecule has 0 atom stereocenters. The number of anilines is 1. The van der Waals surface area contributed by atoms with Crippen molar-refractivity contribution >= 4 is 17.0 Å². The Kier molecular flexibility index (Phi) is 5.39. The molecular formula is C16H20ClN5O. The van der Waals surface area contributed by atoms with E-state index in [0.29, 0.717) is 25.0 Å². The Hall–Kier alpha value is -2.34. The first-order chi connectivity index (χ1) is 10.7. The number of aromatic nitrogens is 4. The number of hydrogen-bond donors (Lipinski definition) is 1. The van der Waals surface area contributed by atoms with E-state index in [9.17, 15) is 0 Å². The second kappa shape index (κ2) is 7.28. The summed E-state index contributed by atoms with van der Waals surface area (Å²) in [5, 5.41) is 0. The van der Waals surface area contributed by atoms with Gasteiger partial charge in [0.05, 0.1) is 13.2 Å². The minimum Gasteiger partial charge on any atom is -1.00 e. The van der Waals surface area contributed by atoms with E-state index >= 15 is 0 Å². The molecule has 0 saturated carbocycles. The molecule has 2 heterocycles. The molecule has 3 rings (SSSR count). The number of nitrogens with zero attached hydrogens (tertiary/aromatic N) is 4. The Bertz CT molecular complexity index is 788. The van der Waals surface area contributed by atoms with Crippen LogP contribution in [0.4, 0.5) is 5.82 Å². The van der Waals surface area contributed by atoms with Crippen LogP contribution >= 0.6 is 0 Å². The summed E-state index contributed by atoms with van der Waals surface area (Å²) in [4.78, 5) is 8.92. The van der Waals surface area contributed by atoms with E-state index in [2.05, 4.69) is 22.1 Å². The van der Waals surface area contributed by atoms with Crippen LogP contribution in [0.15, 0.2) is 36.7 Å². The summed E-state index contributed by atoms with van der Waals surface area (Å²) in [5.41, 5.74) is 8.86. The fraction of sp³-hybridized carbons (Fsp3) is 0.312. The molecule has 2 N–H and O–H groups in total. The van der Waals surface area contributed by atoms with Crippen molar-refractivity contribution in [2.45, 2.75) is 26.9 Å². The maximum atomic E-state index is 6.06. The van der Waals surface area contributed by atoms with Crippen LogP contribution in [0.2, 0.25) is 0 Å². The average molecular weight is 334 g/mol. The number of ether oxygens (including phenoxy) is 1. The summed E-state index contributed by atoms with van der Waals surface area (Å²) in [6, 6.07) is 10.8. The van der Waals surface area contributed by atoms with Crippen LogP contribution in [-0.2, 0) is 13.1 Å². The van der Waals surface area contributed by atoms with Gasteiger partial charge in [-0.1, -0.05) is 35.3 Å². The smallest absolute Gasteiger partial charge is 0.375 e. The zero-order chi connectivity index (χ0) is 15.5. The first-order valence-corrected chi connectivity index (χ1v) is 7.45. The zero-order valence-corrected chi connectivity index (χ0v) is 14.0. The van der Waals surface area contributed by atoms with Crippen LogP contribution in [0.5, 0.6) is 6.01 Å². The van der Waals surface area contributed by atoms with Gasteiger partial charge in [0.25, 0.3) is 5.65 Å². The normalized spacial score (nSPS) is 10.5. The van der Waals surface area contributed by atoms with E-state index in [-0.39, 0.29) is 12.4 Å². The molecule has 0 saturated heterocycles. The number of nitrogen functional groups attached to an aromatic ring is 1. The van der Waals surface area contributed by atoms with Crippen LogP contribution < -0.4 is 27.4 Å². The van der Waals surface area contributed by atoms with E-state index in [1.165, 1.54) is 5.56 Å². The van der Waals surface area contributed by atoms with Gasteiger partial charge in [0, 0.05) is 6.54 Å². The minimum atomic E-state index is 0. The SMILES string of the molecule is CCOc1nc2c(c(N)nc[n+]2Cc2ccccc2)n1CC.[Cl-]. The summed E-state index contributed by atoms with van der Waals surface area (Å²) < 4.78 is 9.58. The van der Waals surface area contributed by atoms with Gasteiger partial charge in [-0.25, -0.2) is 4.57 Å². The minimum absolute atomic E-state index is 0. The molecule has 0 amide bonds. The maximum absolute atomic E-state index is 6.06. The third-order valence-electron chi connectivity index (χ3n) is 3.55. The summed E-state index contributed by atoms with van der Waals surface area (Å²) >= 11 is 0. The second-order valence-electron chi connectivity index (χ2n) is 4.99. The molecule has 1 aromatic carbocycles. The number of halogens is 1. The largest absolute Gasteiger partial charge is 1.00 e. The van der Waals surface area contributed by atoms with E-state index in [0.717, 1.165) is 17.7 Å². The molecule has 0 aliphatic heterocycles. The van der Waals surface area contributed by atoms with Gasteiger partial charge in [0.15, 0.2) is 5.52 Å². The Labute approximate surface area is 141 Å². The number of benzene rings is 1. The van der Waals surface area contributed by atoms with Crippen molar-refractivity contribution < 1.29 is 21.7 Å². The summed E-state index contributed by atoms with van der Waals surface area (Å²) in [6.07, 6.45) is 1.73. The van der Waals surface area contributed by atoms with Crippen LogP contribution in [0.25, 0.3) is 11.2 Å². The van der Waals surface area contributed by atoms with Crippen molar-refractivity contribution in [3.8, 4) is 6.01 Å². The van der Waals surface area contributed by atoms with E-state index < -0.39 is 0 Å². The molecule has 0 spiro atoms. The highest BCUT2D eigenvalue weighted by atomic mass is 35.5. The molecule has 0 bridgehead atoms. The van der Waals surface area contributed by atoms with Crippen molar-refractivity contribution in [3.63, 3.8) is 0 Å². The van der Waals surface area contributed by atoms with Crippen LogP contribution in [0.1, 0.15) is 19.4 Å². The van der Waals surface area contributed by atoms with Crippen LogP contribution in [0, 0.1) is 0 Å². The number of rotatable bonds is 5. The van der Waals surface area contributed by atoms with Crippen molar-refractivity contribution in [1.29, 1.82) is 0 Å². The van der Waals surface area contributed by atoms with Gasteiger partial charge in [0.2, 0.25) is 12.1 Å². The highest BCUT2D eigenvalue weighted by Gasteiger charge is 2.23.